The monoisotopic (exact) mass is 504 g/mol. The van der Waals surface area contributed by atoms with Crippen molar-refractivity contribution in [3.05, 3.63) is 65.2 Å². The molecule has 37 heavy (non-hydrogen) atoms. The molecule has 2 aromatic rings. The Morgan fingerprint density at radius 3 is 2.05 bits per heavy atom. The number of amides is 3. The zero-order valence-corrected chi connectivity index (χ0v) is 20.9. The number of hydrogen-bond donors (Lipinski definition) is 6. The molecular formula is C28H32N4O5. The first-order chi connectivity index (χ1) is 17.8. The fourth-order valence-corrected chi connectivity index (χ4v) is 3.16. The highest BCUT2D eigenvalue weighted by molar-refractivity contribution is 5.97. The van der Waals surface area contributed by atoms with Crippen molar-refractivity contribution >= 4 is 23.4 Å². The summed E-state index contributed by atoms with van der Waals surface area (Å²) in [6.45, 7) is 4.56. The second kappa shape index (κ2) is 15.8. The minimum atomic E-state index is -1.30. The van der Waals surface area contributed by atoms with Crippen LogP contribution in [0.3, 0.4) is 0 Å². The molecule has 0 aliphatic rings. The molecule has 2 aromatic carbocycles. The summed E-state index contributed by atoms with van der Waals surface area (Å²) in [7, 11) is 0. The maximum absolute atomic E-state index is 12.3. The van der Waals surface area contributed by atoms with Crippen molar-refractivity contribution < 1.29 is 24.7 Å². The number of benzene rings is 2. The van der Waals surface area contributed by atoms with Gasteiger partial charge in [-0.1, -0.05) is 31.6 Å². The molecule has 2 rings (SSSR count). The molecule has 0 fully saturated rings. The van der Waals surface area contributed by atoms with Crippen LogP contribution < -0.4 is 21.4 Å². The van der Waals surface area contributed by atoms with Crippen LogP contribution in [0.5, 0.6) is 0 Å². The van der Waals surface area contributed by atoms with Gasteiger partial charge in [0, 0.05) is 22.4 Å². The summed E-state index contributed by atoms with van der Waals surface area (Å²) >= 11 is 0. The molecular weight excluding hydrogens is 472 g/mol. The standard InChI is InChI=1S/C28H32N4O5/c1-3-4-7-18-29-19-25(34)30-24-16-12-22(13-17-24)9-6-5-8-21-10-14-23(15-11-21)27(35)31-26(20(2)33)28(36)32-37/h10-17,20,26,29,33,37H,3-4,7,18-19H2,1-2H3,(H,30,34)(H,31,35)(H,32,36). The van der Waals surface area contributed by atoms with Crippen LogP contribution in [0.1, 0.15) is 54.6 Å². The van der Waals surface area contributed by atoms with Gasteiger partial charge in [-0.3, -0.25) is 19.6 Å². The van der Waals surface area contributed by atoms with E-state index in [4.69, 9.17) is 5.21 Å². The SMILES string of the molecule is CCCCCNCC(=O)Nc1ccc(C#CC#Cc2ccc(C(=O)NC(C(=O)NO)C(C)O)cc2)cc1. The topological polar surface area (TPSA) is 140 Å². The van der Waals surface area contributed by atoms with Gasteiger partial charge in [0.25, 0.3) is 11.8 Å². The largest absolute Gasteiger partial charge is 0.391 e. The minimum Gasteiger partial charge on any atom is -0.391 e. The molecule has 9 heteroatoms. The van der Waals surface area contributed by atoms with Crippen LogP contribution in [0.2, 0.25) is 0 Å². The Labute approximate surface area is 217 Å². The Balaban J connectivity index is 1.87. The Morgan fingerprint density at radius 1 is 0.919 bits per heavy atom. The molecule has 2 atom stereocenters. The zero-order chi connectivity index (χ0) is 27.0. The van der Waals surface area contributed by atoms with E-state index in [2.05, 4.69) is 46.6 Å². The normalized spacial score (nSPS) is 11.6. The number of carbonyl (C=O) groups excluding carboxylic acids is 3. The molecule has 0 spiro atoms. The quantitative estimate of drug-likeness (QED) is 0.119. The number of anilines is 1. The van der Waals surface area contributed by atoms with E-state index in [1.807, 2.05) is 0 Å². The second-order valence-corrected chi connectivity index (χ2v) is 8.25. The zero-order valence-electron chi connectivity index (χ0n) is 20.9. The number of aliphatic hydroxyl groups excluding tert-OH is 1. The van der Waals surface area contributed by atoms with Crippen molar-refractivity contribution in [3.63, 3.8) is 0 Å². The molecule has 0 heterocycles. The molecule has 6 N–H and O–H groups in total. The first kappa shape index (κ1) is 29.1. The number of hydrogen-bond acceptors (Lipinski definition) is 6. The van der Waals surface area contributed by atoms with Crippen molar-refractivity contribution in [2.75, 3.05) is 18.4 Å². The van der Waals surface area contributed by atoms with E-state index in [0.717, 1.165) is 31.4 Å². The van der Waals surface area contributed by atoms with Gasteiger partial charge in [-0.25, -0.2) is 5.48 Å². The van der Waals surface area contributed by atoms with Gasteiger partial charge in [0.2, 0.25) is 5.91 Å². The van der Waals surface area contributed by atoms with Crippen molar-refractivity contribution in [3.8, 4) is 23.7 Å². The van der Waals surface area contributed by atoms with E-state index in [9.17, 15) is 19.5 Å². The average Bonchev–Trinajstić information content (AvgIpc) is 2.90. The summed E-state index contributed by atoms with van der Waals surface area (Å²) in [5, 5.41) is 26.7. The first-order valence-corrected chi connectivity index (χ1v) is 12.0. The lowest BCUT2D eigenvalue weighted by Gasteiger charge is -2.19. The van der Waals surface area contributed by atoms with E-state index in [1.54, 1.807) is 36.4 Å². The summed E-state index contributed by atoms with van der Waals surface area (Å²) in [5.74, 6) is 9.73. The van der Waals surface area contributed by atoms with Crippen LogP contribution in [0.4, 0.5) is 5.69 Å². The van der Waals surface area contributed by atoms with Crippen molar-refractivity contribution in [1.82, 2.24) is 16.1 Å². The molecule has 0 aromatic heterocycles. The fraction of sp³-hybridized carbons (Fsp3) is 0.321. The van der Waals surface area contributed by atoms with E-state index in [-0.39, 0.29) is 18.0 Å². The molecule has 0 saturated heterocycles. The van der Waals surface area contributed by atoms with Crippen molar-refractivity contribution in [2.24, 2.45) is 0 Å². The van der Waals surface area contributed by atoms with Gasteiger partial charge in [-0.05, 0) is 80.3 Å². The van der Waals surface area contributed by atoms with E-state index in [0.29, 0.717) is 11.3 Å². The van der Waals surface area contributed by atoms with Gasteiger partial charge < -0.3 is 21.1 Å². The molecule has 0 aliphatic heterocycles. The Kier molecular flexibility index (Phi) is 12.4. The van der Waals surface area contributed by atoms with Crippen LogP contribution in [-0.2, 0) is 9.59 Å². The van der Waals surface area contributed by atoms with Crippen LogP contribution >= 0.6 is 0 Å². The Bertz CT molecular complexity index is 1170. The highest BCUT2D eigenvalue weighted by Crippen LogP contribution is 2.09. The smallest absolute Gasteiger partial charge is 0.268 e. The minimum absolute atomic E-state index is 0.0943. The third-order valence-corrected chi connectivity index (χ3v) is 5.20. The number of carbonyl (C=O) groups is 3. The van der Waals surface area contributed by atoms with Crippen LogP contribution in [0, 0.1) is 23.7 Å². The number of unbranched alkanes of at least 4 members (excludes halogenated alkanes) is 2. The number of nitrogens with one attached hydrogen (secondary N) is 4. The molecule has 3 amide bonds. The first-order valence-electron chi connectivity index (χ1n) is 12.0. The Morgan fingerprint density at radius 2 is 1.51 bits per heavy atom. The third-order valence-electron chi connectivity index (χ3n) is 5.20. The third kappa shape index (κ3) is 10.6. The fourth-order valence-electron chi connectivity index (χ4n) is 3.16. The predicted octanol–water partition coefficient (Wildman–Crippen LogP) is 1.79. The van der Waals surface area contributed by atoms with Crippen LogP contribution in [0.25, 0.3) is 0 Å². The lowest BCUT2D eigenvalue weighted by Crippen LogP contribution is -2.51. The van der Waals surface area contributed by atoms with Gasteiger partial charge in [0.15, 0.2) is 0 Å². The predicted molar refractivity (Wildman–Crippen MR) is 141 cm³/mol. The lowest BCUT2D eigenvalue weighted by molar-refractivity contribution is -0.133. The van der Waals surface area contributed by atoms with E-state index >= 15 is 0 Å². The van der Waals surface area contributed by atoms with E-state index < -0.39 is 24.0 Å². The maximum atomic E-state index is 12.3. The number of rotatable bonds is 11. The van der Waals surface area contributed by atoms with Crippen LogP contribution in [-0.4, -0.2) is 53.3 Å². The van der Waals surface area contributed by atoms with Gasteiger partial charge in [-0.2, -0.15) is 0 Å². The molecule has 194 valence electrons. The lowest BCUT2D eigenvalue weighted by atomic mass is 10.1. The Hall–Kier alpha value is -4.15. The molecule has 0 saturated carbocycles. The molecule has 0 radical (unpaired) electrons. The summed E-state index contributed by atoms with van der Waals surface area (Å²) in [5.41, 5.74) is 3.74. The molecule has 0 bridgehead atoms. The van der Waals surface area contributed by atoms with Crippen molar-refractivity contribution in [1.29, 1.82) is 0 Å². The summed E-state index contributed by atoms with van der Waals surface area (Å²) < 4.78 is 0. The van der Waals surface area contributed by atoms with Crippen LogP contribution in [0.15, 0.2) is 48.5 Å². The second-order valence-electron chi connectivity index (χ2n) is 8.25. The maximum Gasteiger partial charge on any atom is 0.268 e. The molecule has 0 aliphatic carbocycles. The molecule has 9 nitrogen and oxygen atoms in total. The van der Waals surface area contributed by atoms with E-state index in [1.165, 1.54) is 24.5 Å². The summed E-state index contributed by atoms with van der Waals surface area (Å²) in [6, 6.07) is 12.2. The van der Waals surface area contributed by atoms with Gasteiger partial charge in [0.05, 0.1) is 12.6 Å². The van der Waals surface area contributed by atoms with Gasteiger partial charge in [0.1, 0.15) is 6.04 Å². The number of aliphatic hydroxyl groups is 1. The van der Waals surface area contributed by atoms with Gasteiger partial charge in [-0.15, -0.1) is 0 Å². The summed E-state index contributed by atoms with van der Waals surface area (Å²) in [4.78, 5) is 35.8. The molecule has 2 unspecified atom stereocenters. The number of hydroxylamine groups is 1. The highest BCUT2D eigenvalue weighted by Gasteiger charge is 2.25. The van der Waals surface area contributed by atoms with Gasteiger partial charge >= 0.3 is 0 Å². The highest BCUT2D eigenvalue weighted by atomic mass is 16.5. The summed E-state index contributed by atoms with van der Waals surface area (Å²) in [6.07, 6.45) is 2.15. The van der Waals surface area contributed by atoms with Crippen molar-refractivity contribution in [2.45, 2.75) is 45.3 Å². The average molecular weight is 505 g/mol.